The normalized spacial score (nSPS) is 15.4. The molecule has 0 radical (unpaired) electrons. The molecule has 2 aromatic heterocycles. The summed E-state index contributed by atoms with van der Waals surface area (Å²) in [6, 6.07) is 5.91. The third-order valence-corrected chi connectivity index (χ3v) is 3.55. The highest BCUT2D eigenvalue weighted by atomic mass is 16.1. The Labute approximate surface area is 117 Å². The number of pyridine rings is 1. The molecule has 20 heavy (non-hydrogen) atoms. The molecule has 1 saturated heterocycles. The second kappa shape index (κ2) is 5.32. The van der Waals surface area contributed by atoms with E-state index in [4.69, 9.17) is 0 Å². The molecule has 0 spiro atoms. The second-order valence-electron chi connectivity index (χ2n) is 4.83. The van der Waals surface area contributed by atoms with Gasteiger partial charge in [-0.2, -0.15) is 0 Å². The number of nitrogens with zero attached hydrogens (tertiary/aromatic N) is 5. The predicted molar refractivity (Wildman–Crippen MR) is 78.1 cm³/mol. The molecule has 1 aliphatic rings. The van der Waals surface area contributed by atoms with Gasteiger partial charge < -0.3 is 14.4 Å². The number of aromatic nitrogens is 3. The smallest absolute Gasteiger partial charge is 0.293 e. The van der Waals surface area contributed by atoms with Crippen LogP contribution in [0.4, 0.5) is 11.6 Å². The van der Waals surface area contributed by atoms with Crippen molar-refractivity contribution in [2.24, 2.45) is 7.05 Å². The molecule has 2 aromatic rings. The van der Waals surface area contributed by atoms with E-state index in [1.54, 1.807) is 30.2 Å². The molecule has 0 bridgehead atoms. The Bertz CT molecular complexity index is 632. The largest absolute Gasteiger partial charge is 0.353 e. The first kappa shape index (κ1) is 12.7. The molecule has 3 heterocycles. The Morgan fingerprint density at radius 3 is 2.45 bits per heavy atom. The number of anilines is 2. The minimum atomic E-state index is -0.0428. The summed E-state index contributed by atoms with van der Waals surface area (Å²) < 4.78 is 1.56. The van der Waals surface area contributed by atoms with Gasteiger partial charge in [-0.25, -0.2) is 9.97 Å². The van der Waals surface area contributed by atoms with Gasteiger partial charge in [-0.3, -0.25) is 4.79 Å². The van der Waals surface area contributed by atoms with E-state index in [-0.39, 0.29) is 5.56 Å². The zero-order valence-corrected chi connectivity index (χ0v) is 11.4. The minimum Gasteiger partial charge on any atom is -0.353 e. The number of hydrogen-bond acceptors (Lipinski definition) is 5. The second-order valence-corrected chi connectivity index (χ2v) is 4.83. The Morgan fingerprint density at radius 2 is 1.75 bits per heavy atom. The van der Waals surface area contributed by atoms with E-state index in [0.717, 1.165) is 32.0 Å². The van der Waals surface area contributed by atoms with Crippen molar-refractivity contribution < 1.29 is 0 Å². The van der Waals surface area contributed by atoms with Gasteiger partial charge in [0.15, 0.2) is 5.82 Å². The lowest BCUT2D eigenvalue weighted by Crippen LogP contribution is -2.49. The first-order valence-electron chi connectivity index (χ1n) is 6.68. The lowest BCUT2D eigenvalue weighted by molar-refractivity contribution is 0.634. The maximum atomic E-state index is 12.1. The quantitative estimate of drug-likeness (QED) is 0.796. The summed E-state index contributed by atoms with van der Waals surface area (Å²) in [6.07, 6.45) is 5.15. The summed E-state index contributed by atoms with van der Waals surface area (Å²) in [6.45, 7) is 3.25. The molecule has 1 aliphatic heterocycles. The fourth-order valence-electron chi connectivity index (χ4n) is 2.39. The van der Waals surface area contributed by atoms with Crippen LogP contribution in [0, 0.1) is 0 Å². The number of piperazine rings is 1. The Balaban J connectivity index is 1.73. The summed E-state index contributed by atoms with van der Waals surface area (Å²) in [7, 11) is 1.75. The van der Waals surface area contributed by atoms with Crippen molar-refractivity contribution in [2.75, 3.05) is 36.0 Å². The van der Waals surface area contributed by atoms with Crippen LogP contribution >= 0.6 is 0 Å². The van der Waals surface area contributed by atoms with Gasteiger partial charge in [0.25, 0.3) is 5.56 Å². The Morgan fingerprint density at radius 1 is 1.00 bits per heavy atom. The summed E-state index contributed by atoms with van der Waals surface area (Å²) in [4.78, 5) is 24.9. The van der Waals surface area contributed by atoms with Crippen molar-refractivity contribution in [3.63, 3.8) is 0 Å². The number of hydrogen-bond donors (Lipinski definition) is 0. The third kappa shape index (κ3) is 2.36. The molecule has 0 atom stereocenters. The average molecular weight is 271 g/mol. The molecule has 1 fully saturated rings. The van der Waals surface area contributed by atoms with Crippen LogP contribution in [-0.2, 0) is 7.05 Å². The van der Waals surface area contributed by atoms with Crippen molar-refractivity contribution >= 4 is 11.6 Å². The van der Waals surface area contributed by atoms with Crippen LogP contribution in [0.15, 0.2) is 41.6 Å². The van der Waals surface area contributed by atoms with Gasteiger partial charge in [-0.15, -0.1) is 0 Å². The molecule has 0 amide bonds. The van der Waals surface area contributed by atoms with Crippen LogP contribution < -0.4 is 15.4 Å². The standard InChI is InChI=1S/C14H17N5O/c1-17-7-6-16-13(14(17)20)19-10-8-18(9-11-19)12-4-2-3-5-15-12/h2-7H,8-11H2,1H3. The molecular formula is C14H17N5O. The molecular weight excluding hydrogens is 254 g/mol. The minimum absolute atomic E-state index is 0.0428. The van der Waals surface area contributed by atoms with E-state index in [2.05, 4.69) is 14.9 Å². The van der Waals surface area contributed by atoms with Crippen molar-refractivity contribution in [2.45, 2.75) is 0 Å². The fraction of sp³-hybridized carbons (Fsp3) is 0.357. The molecule has 0 N–H and O–H groups in total. The molecule has 0 unspecified atom stereocenters. The van der Waals surface area contributed by atoms with E-state index in [0.29, 0.717) is 5.82 Å². The van der Waals surface area contributed by atoms with Crippen LogP contribution in [0.2, 0.25) is 0 Å². The van der Waals surface area contributed by atoms with E-state index in [1.165, 1.54) is 0 Å². The Hall–Kier alpha value is -2.37. The van der Waals surface area contributed by atoms with E-state index in [9.17, 15) is 4.79 Å². The summed E-state index contributed by atoms with van der Waals surface area (Å²) >= 11 is 0. The maximum absolute atomic E-state index is 12.1. The number of aryl methyl sites for hydroxylation is 1. The average Bonchev–Trinajstić information content (AvgIpc) is 2.51. The van der Waals surface area contributed by atoms with Crippen molar-refractivity contribution in [3.05, 3.63) is 47.1 Å². The highest BCUT2D eigenvalue weighted by molar-refractivity contribution is 5.43. The van der Waals surface area contributed by atoms with E-state index in [1.807, 2.05) is 23.1 Å². The van der Waals surface area contributed by atoms with Gasteiger partial charge in [-0.1, -0.05) is 6.07 Å². The topological polar surface area (TPSA) is 54.3 Å². The lowest BCUT2D eigenvalue weighted by atomic mass is 10.3. The monoisotopic (exact) mass is 271 g/mol. The van der Waals surface area contributed by atoms with E-state index >= 15 is 0 Å². The highest BCUT2D eigenvalue weighted by Gasteiger charge is 2.20. The van der Waals surface area contributed by atoms with Gasteiger partial charge >= 0.3 is 0 Å². The molecule has 0 saturated carbocycles. The van der Waals surface area contributed by atoms with Gasteiger partial charge in [0.1, 0.15) is 5.82 Å². The van der Waals surface area contributed by atoms with Gasteiger partial charge in [-0.05, 0) is 12.1 Å². The van der Waals surface area contributed by atoms with Crippen LogP contribution in [0.1, 0.15) is 0 Å². The van der Waals surface area contributed by atoms with Crippen molar-refractivity contribution in [3.8, 4) is 0 Å². The molecule has 0 aliphatic carbocycles. The molecule has 6 heteroatoms. The van der Waals surface area contributed by atoms with Crippen molar-refractivity contribution in [1.29, 1.82) is 0 Å². The highest BCUT2D eigenvalue weighted by Crippen LogP contribution is 2.14. The van der Waals surface area contributed by atoms with Crippen LogP contribution in [0.25, 0.3) is 0 Å². The molecule has 6 nitrogen and oxygen atoms in total. The fourth-order valence-corrected chi connectivity index (χ4v) is 2.39. The van der Waals surface area contributed by atoms with Gasteiger partial charge in [0.05, 0.1) is 0 Å². The van der Waals surface area contributed by atoms with E-state index < -0.39 is 0 Å². The first-order chi connectivity index (χ1) is 9.75. The van der Waals surface area contributed by atoms with Crippen LogP contribution in [-0.4, -0.2) is 40.7 Å². The third-order valence-electron chi connectivity index (χ3n) is 3.55. The maximum Gasteiger partial charge on any atom is 0.293 e. The van der Waals surface area contributed by atoms with Crippen molar-refractivity contribution in [1.82, 2.24) is 14.5 Å². The lowest BCUT2D eigenvalue weighted by Gasteiger charge is -2.35. The zero-order chi connectivity index (χ0) is 13.9. The Kier molecular flexibility index (Phi) is 3.37. The predicted octanol–water partition coefficient (Wildman–Crippen LogP) is 0.502. The first-order valence-corrected chi connectivity index (χ1v) is 6.68. The van der Waals surface area contributed by atoms with Gasteiger partial charge in [0, 0.05) is 51.8 Å². The zero-order valence-electron chi connectivity index (χ0n) is 11.4. The molecule has 3 rings (SSSR count). The number of rotatable bonds is 2. The summed E-state index contributed by atoms with van der Waals surface area (Å²) in [5, 5.41) is 0. The summed E-state index contributed by atoms with van der Waals surface area (Å²) in [5.41, 5.74) is -0.0428. The van der Waals surface area contributed by atoms with Crippen LogP contribution in [0.5, 0.6) is 0 Å². The SMILES string of the molecule is Cn1ccnc(N2CCN(c3ccccn3)CC2)c1=O. The molecule has 104 valence electrons. The summed E-state index contributed by atoms with van der Waals surface area (Å²) in [5.74, 6) is 1.52. The van der Waals surface area contributed by atoms with Gasteiger partial charge in [0.2, 0.25) is 0 Å². The molecule has 0 aromatic carbocycles. The van der Waals surface area contributed by atoms with Crippen LogP contribution in [0.3, 0.4) is 0 Å².